The van der Waals surface area contributed by atoms with E-state index in [-0.39, 0.29) is 5.91 Å². The number of rotatable bonds is 8. The van der Waals surface area contributed by atoms with Crippen LogP contribution in [0.15, 0.2) is 29.2 Å². The molecule has 0 radical (unpaired) electrons. The fraction of sp³-hybridized carbons (Fsp3) is 0.682. The topological polar surface area (TPSA) is 70.9 Å². The number of sulfonamides is 1. The molecule has 2 fully saturated rings. The number of nitrogens with zero attached hydrogens (tertiary/aromatic N) is 1. The van der Waals surface area contributed by atoms with Gasteiger partial charge in [-0.05, 0) is 49.8 Å². The molecule has 0 spiro atoms. The molecule has 1 aliphatic carbocycles. The molecule has 1 heterocycles. The van der Waals surface area contributed by atoms with Crippen molar-refractivity contribution >= 4 is 15.9 Å². The van der Waals surface area contributed by atoms with E-state index in [9.17, 15) is 13.2 Å². The number of benzene rings is 1. The Morgan fingerprint density at radius 2 is 1.72 bits per heavy atom. The van der Waals surface area contributed by atoms with Crippen LogP contribution in [0, 0.1) is 5.92 Å². The summed E-state index contributed by atoms with van der Waals surface area (Å²) in [5.74, 6) is 0.895. The highest BCUT2D eigenvalue weighted by atomic mass is 32.2. The van der Waals surface area contributed by atoms with E-state index in [4.69, 9.17) is 0 Å². The first-order valence-corrected chi connectivity index (χ1v) is 12.6. The van der Waals surface area contributed by atoms with E-state index in [1.54, 1.807) is 24.3 Å². The molecule has 1 unspecified atom stereocenters. The van der Waals surface area contributed by atoms with Crippen LogP contribution in [0.1, 0.15) is 57.9 Å². The summed E-state index contributed by atoms with van der Waals surface area (Å²) in [5.41, 5.74) is 0.918. The van der Waals surface area contributed by atoms with Crippen LogP contribution in [-0.2, 0) is 21.4 Å². The molecule has 3 atom stereocenters. The number of fused-ring (bicyclic) bond motifs is 1. The molecule has 2 N–H and O–H groups in total. The van der Waals surface area contributed by atoms with Gasteiger partial charge in [-0.25, -0.2) is 8.42 Å². The van der Waals surface area contributed by atoms with Crippen molar-refractivity contribution in [3.05, 3.63) is 29.8 Å². The molecule has 2 aliphatic rings. The lowest BCUT2D eigenvalue weighted by Crippen LogP contribution is -3.18. The van der Waals surface area contributed by atoms with Crippen LogP contribution in [-0.4, -0.2) is 50.9 Å². The zero-order chi connectivity index (χ0) is 20.9. The quantitative estimate of drug-likeness (QED) is 0.668. The lowest BCUT2D eigenvalue weighted by atomic mass is 9.78. The van der Waals surface area contributed by atoms with Gasteiger partial charge in [0, 0.05) is 25.6 Å². The van der Waals surface area contributed by atoms with E-state index in [0.717, 1.165) is 18.0 Å². The van der Waals surface area contributed by atoms with Gasteiger partial charge < -0.3 is 10.2 Å². The average Bonchev–Trinajstić information content (AvgIpc) is 2.73. The van der Waals surface area contributed by atoms with Gasteiger partial charge in [-0.3, -0.25) is 4.79 Å². The van der Waals surface area contributed by atoms with Gasteiger partial charge in [-0.15, -0.1) is 0 Å². The Hall–Kier alpha value is -1.44. The number of carbonyl (C=O) groups is 1. The van der Waals surface area contributed by atoms with Gasteiger partial charge in [0.05, 0.1) is 17.5 Å². The first-order chi connectivity index (χ1) is 14.0. The summed E-state index contributed by atoms with van der Waals surface area (Å²) >= 11 is 0. The fourth-order valence-electron chi connectivity index (χ4n) is 5.05. The van der Waals surface area contributed by atoms with Gasteiger partial charge in [0.15, 0.2) is 6.54 Å². The Balaban J connectivity index is 1.52. The summed E-state index contributed by atoms with van der Waals surface area (Å²) in [4.78, 5) is 14.3. The minimum atomic E-state index is -3.44. The maximum atomic E-state index is 12.6. The fourth-order valence-corrected chi connectivity index (χ4v) is 6.51. The lowest BCUT2D eigenvalue weighted by Gasteiger charge is -2.40. The molecule has 1 amide bonds. The lowest BCUT2D eigenvalue weighted by molar-refractivity contribution is -0.928. The van der Waals surface area contributed by atoms with Crippen molar-refractivity contribution in [1.29, 1.82) is 0 Å². The average molecular weight is 423 g/mol. The maximum Gasteiger partial charge on any atom is 0.275 e. The molecule has 7 heteroatoms. The maximum absolute atomic E-state index is 12.6. The van der Waals surface area contributed by atoms with E-state index in [1.165, 1.54) is 47.7 Å². The number of hydrogen-bond donors (Lipinski definition) is 2. The van der Waals surface area contributed by atoms with Gasteiger partial charge in [-0.1, -0.05) is 32.4 Å². The largest absolute Gasteiger partial charge is 0.347 e. The first-order valence-electron chi connectivity index (χ1n) is 11.2. The zero-order valence-corrected chi connectivity index (χ0v) is 18.6. The van der Waals surface area contributed by atoms with E-state index < -0.39 is 10.0 Å². The van der Waals surface area contributed by atoms with Crippen molar-refractivity contribution in [2.75, 3.05) is 26.2 Å². The van der Waals surface area contributed by atoms with Crippen LogP contribution in [0.3, 0.4) is 0 Å². The van der Waals surface area contributed by atoms with Crippen LogP contribution in [0.4, 0.5) is 0 Å². The predicted molar refractivity (Wildman–Crippen MR) is 114 cm³/mol. The molecule has 1 saturated carbocycles. The summed E-state index contributed by atoms with van der Waals surface area (Å²) in [6.45, 7) is 6.68. The van der Waals surface area contributed by atoms with Crippen molar-refractivity contribution < 1.29 is 18.1 Å². The predicted octanol–water partition coefficient (Wildman–Crippen LogP) is 1.57. The van der Waals surface area contributed by atoms with Crippen molar-refractivity contribution in [3.8, 4) is 0 Å². The third-order valence-electron chi connectivity index (χ3n) is 6.65. The molecule has 0 bridgehead atoms. The van der Waals surface area contributed by atoms with Crippen LogP contribution in [0.5, 0.6) is 0 Å². The minimum Gasteiger partial charge on any atom is -0.347 e. The standard InChI is InChI=1S/C22H35N3O3S/c1-3-25(4-2)29(27,28)20-13-11-18(12-14-20)16-23-22(26)17-24-15-7-9-19-8-5-6-10-21(19)24/h11-14,19,21H,3-10,15-17H2,1-2H3,(H,23,26)/p+1/t19-,21-/m0/s1. The van der Waals surface area contributed by atoms with Crippen molar-refractivity contribution in [2.45, 2.75) is 69.9 Å². The second-order valence-electron chi connectivity index (χ2n) is 8.39. The van der Waals surface area contributed by atoms with Gasteiger partial charge in [0.2, 0.25) is 10.0 Å². The molecule has 1 saturated heterocycles. The monoisotopic (exact) mass is 422 g/mol. The number of hydrogen-bond acceptors (Lipinski definition) is 3. The van der Waals surface area contributed by atoms with Crippen molar-refractivity contribution in [2.24, 2.45) is 5.92 Å². The second-order valence-corrected chi connectivity index (χ2v) is 10.3. The number of quaternary nitrogens is 1. The molecular weight excluding hydrogens is 386 g/mol. The van der Waals surface area contributed by atoms with Crippen LogP contribution in [0.2, 0.25) is 0 Å². The molecule has 1 aromatic rings. The number of piperidine rings is 1. The normalized spacial score (nSPS) is 24.9. The second kappa shape index (κ2) is 10.0. The summed E-state index contributed by atoms with van der Waals surface area (Å²) < 4.78 is 26.6. The summed E-state index contributed by atoms with van der Waals surface area (Å²) in [6, 6.07) is 7.52. The summed E-state index contributed by atoms with van der Waals surface area (Å²) in [5, 5.41) is 3.03. The zero-order valence-electron chi connectivity index (χ0n) is 17.8. The van der Waals surface area contributed by atoms with E-state index in [0.29, 0.717) is 37.1 Å². The summed E-state index contributed by atoms with van der Waals surface area (Å²) in [6.07, 6.45) is 7.80. The molecular formula is C22H36N3O3S+. The highest BCUT2D eigenvalue weighted by Crippen LogP contribution is 2.28. The van der Waals surface area contributed by atoms with Gasteiger partial charge >= 0.3 is 0 Å². The highest BCUT2D eigenvalue weighted by molar-refractivity contribution is 7.89. The number of nitrogens with one attached hydrogen (secondary N) is 2. The minimum absolute atomic E-state index is 0.0889. The van der Waals surface area contributed by atoms with Gasteiger partial charge in [0.1, 0.15) is 0 Å². The first kappa shape index (κ1) is 22.2. The van der Waals surface area contributed by atoms with E-state index in [2.05, 4.69) is 5.32 Å². The number of amides is 1. The molecule has 6 nitrogen and oxygen atoms in total. The highest BCUT2D eigenvalue weighted by Gasteiger charge is 2.37. The Labute approximate surface area is 175 Å². The number of carbonyl (C=O) groups excluding carboxylic acids is 1. The molecule has 29 heavy (non-hydrogen) atoms. The third-order valence-corrected chi connectivity index (χ3v) is 8.71. The Bertz CT molecular complexity index is 773. The molecule has 3 rings (SSSR count). The van der Waals surface area contributed by atoms with Crippen LogP contribution < -0.4 is 10.2 Å². The Kier molecular flexibility index (Phi) is 7.71. The van der Waals surface area contributed by atoms with Crippen molar-refractivity contribution in [1.82, 2.24) is 9.62 Å². The van der Waals surface area contributed by atoms with E-state index in [1.807, 2.05) is 13.8 Å². The van der Waals surface area contributed by atoms with Crippen molar-refractivity contribution in [3.63, 3.8) is 0 Å². The molecule has 1 aromatic carbocycles. The van der Waals surface area contributed by atoms with E-state index >= 15 is 0 Å². The van der Waals surface area contributed by atoms with Gasteiger partial charge in [-0.2, -0.15) is 4.31 Å². The third kappa shape index (κ3) is 5.38. The molecule has 1 aliphatic heterocycles. The number of likely N-dealkylation sites (tertiary alicyclic amines) is 1. The SMILES string of the molecule is CCN(CC)S(=O)(=O)c1ccc(CNC(=O)C[NH+]2CCC[C@@H]3CCCC[C@@H]32)cc1. The van der Waals surface area contributed by atoms with Crippen LogP contribution in [0.25, 0.3) is 0 Å². The molecule has 162 valence electrons. The Morgan fingerprint density at radius 1 is 1.07 bits per heavy atom. The molecule has 0 aromatic heterocycles. The van der Waals surface area contributed by atoms with Gasteiger partial charge in [0.25, 0.3) is 5.91 Å². The Morgan fingerprint density at radius 3 is 2.41 bits per heavy atom. The smallest absolute Gasteiger partial charge is 0.275 e. The van der Waals surface area contributed by atoms with Crippen LogP contribution >= 0.6 is 0 Å². The summed E-state index contributed by atoms with van der Waals surface area (Å²) in [7, 11) is -3.44.